The molecule has 0 aliphatic heterocycles. The van der Waals surface area contributed by atoms with E-state index in [1.165, 1.54) is 0 Å². The summed E-state index contributed by atoms with van der Waals surface area (Å²) in [6.07, 6.45) is 1.17. The third kappa shape index (κ3) is 6.75. The lowest BCUT2D eigenvalue weighted by atomic mass is 10.3. The van der Waals surface area contributed by atoms with E-state index in [1.807, 2.05) is 6.92 Å². The number of rotatable bonds is 9. The zero-order valence-corrected chi connectivity index (χ0v) is 11.6. The Morgan fingerprint density at radius 3 is 2.55 bits per heavy atom. The summed E-state index contributed by atoms with van der Waals surface area (Å²) in [5.41, 5.74) is 5.72. The van der Waals surface area contributed by atoms with Gasteiger partial charge >= 0.3 is 0 Å². The van der Waals surface area contributed by atoms with Gasteiger partial charge in [0.1, 0.15) is 5.75 Å². The van der Waals surface area contributed by atoms with E-state index in [2.05, 4.69) is 10.6 Å². The zero-order chi connectivity index (χ0) is 14.8. The predicted molar refractivity (Wildman–Crippen MR) is 77.5 cm³/mol. The van der Waals surface area contributed by atoms with Gasteiger partial charge in [-0.05, 0) is 37.2 Å². The van der Waals surface area contributed by atoms with Crippen molar-refractivity contribution in [2.75, 3.05) is 25.0 Å². The Morgan fingerprint density at radius 1 is 1.25 bits per heavy atom. The molecule has 0 saturated carbocycles. The minimum absolute atomic E-state index is 0.0825. The number of hydrogen-bond acceptors (Lipinski definition) is 4. The van der Waals surface area contributed by atoms with Gasteiger partial charge in [0.05, 0.1) is 19.6 Å². The molecule has 0 unspecified atom stereocenters. The van der Waals surface area contributed by atoms with Crippen LogP contribution in [-0.4, -0.2) is 31.5 Å². The van der Waals surface area contributed by atoms with Crippen molar-refractivity contribution >= 4 is 17.5 Å². The van der Waals surface area contributed by atoms with Crippen molar-refractivity contribution in [1.82, 2.24) is 5.32 Å². The molecule has 1 aromatic rings. The highest BCUT2D eigenvalue weighted by Gasteiger charge is 2.02. The van der Waals surface area contributed by atoms with Crippen LogP contribution in [-0.2, 0) is 9.59 Å². The molecule has 1 rings (SSSR count). The first-order valence-corrected chi connectivity index (χ1v) is 6.63. The van der Waals surface area contributed by atoms with Crippen LogP contribution >= 0.6 is 0 Å². The van der Waals surface area contributed by atoms with E-state index < -0.39 is 5.91 Å². The van der Waals surface area contributed by atoms with Crippen LogP contribution in [0.5, 0.6) is 5.75 Å². The Bertz CT molecular complexity index is 432. The maximum absolute atomic E-state index is 11.6. The summed E-state index contributed by atoms with van der Waals surface area (Å²) >= 11 is 0. The molecule has 0 radical (unpaired) electrons. The number of amides is 2. The van der Waals surface area contributed by atoms with Crippen molar-refractivity contribution in [3.05, 3.63) is 24.3 Å². The minimum Gasteiger partial charge on any atom is -0.493 e. The molecule has 1 aromatic carbocycles. The smallest absolute Gasteiger partial charge is 0.238 e. The first kappa shape index (κ1) is 16.0. The summed E-state index contributed by atoms with van der Waals surface area (Å²) in [5.74, 6) is 0.155. The molecule has 0 aliphatic carbocycles. The molecule has 110 valence electrons. The number of ether oxygens (including phenoxy) is 1. The molecule has 0 heterocycles. The molecule has 0 atom stereocenters. The van der Waals surface area contributed by atoms with Gasteiger partial charge in [-0.3, -0.25) is 9.59 Å². The Morgan fingerprint density at radius 2 is 1.95 bits per heavy atom. The lowest BCUT2D eigenvalue weighted by molar-refractivity contribution is -0.118. The molecular formula is C14H21N3O3. The topological polar surface area (TPSA) is 93.4 Å². The lowest BCUT2D eigenvalue weighted by Gasteiger charge is -2.08. The summed E-state index contributed by atoms with van der Waals surface area (Å²) in [6.45, 7) is 3.41. The molecular weight excluding hydrogens is 258 g/mol. The molecule has 0 aliphatic rings. The highest BCUT2D eigenvalue weighted by molar-refractivity contribution is 5.92. The van der Waals surface area contributed by atoms with Gasteiger partial charge in [-0.25, -0.2) is 0 Å². The van der Waals surface area contributed by atoms with Gasteiger partial charge in [0.25, 0.3) is 0 Å². The van der Waals surface area contributed by atoms with E-state index in [1.54, 1.807) is 24.3 Å². The molecule has 0 saturated heterocycles. The number of anilines is 1. The fourth-order valence-corrected chi connectivity index (χ4v) is 1.49. The van der Waals surface area contributed by atoms with E-state index in [0.717, 1.165) is 13.0 Å². The molecule has 2 amide bonds. The second kappa shape index (κ2) is 8.92. The van der Waals surface area contributed by atoms with Crippen LogP contribution in [0.2, 0.25) is 0 Å². The molecule has 20 heavy (non-hydrogen) atoms. The Kier molecular flexibility index (Phi) is 7.13. The largest absolute Gasteiger partial charge is 0.493 e. The maximum Gasteiger partial charge on any atom is 0.238 e. The van der Waals surface area contributed by atoms with Gasteiger partial charge in [-0.1, -0.05) is 6.92 Å². The van der Waals surface area contributed by atoms with E-state index in [4.69, 9.17) is 10.5 Å². The average molecular weight is 279 g/mol. The Labute approximate surface area is 118 Å². The summed E-state index contributed by atoms with van der Waals surface area (Å²) in [6, 6.07) is 6.96. The average Bonchev–Trinajstić information content (AvgIpc) is 2.41. The van der Waals surface area contributed by atoms with Crippen molar-refractivity contribution in [2.45, 2.75) is 19.8 Å². The molecule has 0 bridgehead atoms. The molecule has 0 aromatic heterocycles. The Balaban J connectivity index is 2.34. The van der Waals surface area contributed by atoms with Crippen LogP contribution < -0.4 is 21.1 Å². The van der Waals surface area contributed by atoms with E-state index in [0.29, 0.717) is 18.0 Å². The number of carbonyl (C=O) groups excluding carboxylic acids is 2. The van der Waals surface area contributed by atoms with Gasteiger partial charge < -0.3 is 21.1 Å². The number of nitrogens with one attached hydrogen (secondary N) is 2. The second-order valence-electron chi connectivity index (χ2n) is 4.31. The predicted octanol–water partition coefficient (Wildman–Crippen LogP) is 0.879. The van der Waals surface area contributed by atoms with Gasteiger partial charge in [0, 0.05) is 5.69 Å². The van der Waals surface area contributed by atoms with Crippen molar-refractivity contribution in [3.63, 3.8) is 0 Å². The third-order valence-corrected chi connectivity index (χ3v) is 2.47. The van der Waals surface area contributed by atoms with E-state index >= 15 is 0 Å². The fraction of sp³-hybridized carbons (Fsp3) is 0.429. The monoisotopic (exact) mass is 279 g/mol. The SMILES string of the molecule is CCCNCC(=O)Nc1ccc(OCCC(N)=O)cc1. The van der Waals surface area contributed by atoms with Crippen LogP contribution in [0.3, 0.4) is 0 Å². The van der Waals surface area contributed by atoms with E-state index in [-0.39, 0.29) is 18.9 Å². The lowest BCUT2D eigenvalue weighted by Crippen LogP contribution is -2.28. The molecule has 0 fully saturated rings. The minimum atomic E-state index is -0.395. The summed E-state index contributed by atoms with van der Waals surface area (Å²) in [4.78, 5) is 22.1. The molecule has 0 spiro atoms. The molecule has 4 N–H and O–H groups in total. The number of carbonyl (C=O) groups is 2. The highest BCUT2D eigenvalue weighted by Crippen LogP contribution is 2.15. The Hall–Kier alpha value is -2.08. The third-order valence-electron chi connectivity index (χ3n) is 2.47. The number of benzene rings is 1. The van der Waals surface area contributed by atoms with Crippen LogP contribution in [0.4, 0.5) is 5.69 Å². The highest BCUT2D eigenvalue weighted by atomic mass is 16.5. The second-order valence-corrected chi connectivity index (χ2v) is 4.31. The molecule has 6 heteroatoms. The van der Waals surface area contributed by atoms with Crippen LogP contribution in [0.25, 0.3) is 0 Å². The van der Waals surface area contributed by atoms with Crippen molar-refractivity contribution < 1.29 is 14.3 Å². The van der Waals surface area contributed by atoms with Crippen LogP contribution in [0, 0.1) is 0 Å². The summed E-state index contributed by atoms with van der Waals surface area (Å²) in [5, 5.41) is 5.80. The maximum atomic E-state index is 11.6. The van der Waals surface area contributed by atoms with Crippen LogP contribution in [0.1, 0.15) is 19.8 Å². The van der Waals surface area contributed by atoms with Gasteiger partial charge in [-0.15, -0.1) is 0 Å². The van der Waals surface area contributed by atoms with Crippen molar-refractivity contribution in [1.29, 1.82) is 0 Å². The summed E-state index contributed by atoms with van der Waals surface area (Å²) in [7, 11) is 0. The summed E-state index contributed by atoms with van der Waals surface area (Å²) < 4.78 is 5.33. The number of hydrogen-bond donors (Lipinski definition) is 3. The van der Waals surface area contributed by atoms with E-state index in [9.17, 15) is 9.59 Å². The fourth-order valence-electron chi connectivity index (χ4n) is 1.49. The van der Waals surface area contributed by atoms with Gasteiger partial charge in [-0.2, -0.15) is 0 Å². The van der Waals surface area contributed by atoms with Crippen molar-refractivity contribution in [2.24, 2.45) is 5.73 Å². The van der Waals surface area contributed by atoms with Crippen LogP contribution in [0.15, 0.2) is 24.3 Å². The zero-order valence-electron chi connectivity index (χ0n) is 11.6. The van der Waals surface area contributed by atoms with Gasteiger partial charge in [0.15, 0.2) is 0 Å². The first-order valence-electron chi connectivity index (χ1n) is 6.63. The normalized spacial score (nSPS) is 10.1. The van der Waals surface area contributed by atoms with Gasteiger partial charge in [0.2, 0.25) is 11.8 Å². The molecule has 6 nitrogen and oxygen atoms in total. The standard InChI is InChI=1S/C14H21N3O3/c1-2-8-16-10-14(19)17-11-3-5-12(6-4-11)20-9-7-13(15)18/h3-6,16H,2,7-10H2,1H3,(H2,15,18)(H,17,19). The number of primary amides is 1. The first-order chi connectivity index (χ1) is 9.61. The quantitative estimate of drug-likeness (QED) is 0.585. The number of nitrogens with two attached hydrogens (primary N) is 1. The van der Waals surface area contributed by atoms with Crippen molar-refractivity contribution in [3.8, 4) is 5.75 Å².